The van der Waals surface area contributed by atoms with Crippen LogP contribution in [0.1, 0.15) is 36.7 Å². The van der Waals surface area contributed by atoms with Gasteiger partial charge in [-0.15, -0.1) is 0 Å². The van der Waals surface area contributed by atoms with Gasteiger partial charge in [-0.1, -0.05) is 25.7 Å². The van der Waals surface area contributed by atoms with Gasteiger partial charge in [0.2, 0.25) is 0 Å². The lowest BCUT2D eigenvalue weighted by Gasteiger charge is -2.30. The van der Waals surface area contributed by atoms with Crippen molar-refractivity contribution in [3.05, 3.63) is 35.4 Å². The molecule has 0 saturated heterocycles. The molecule has 0 aliphatic heterocycles. The number of carbonyl (C=O) groups excluding carboxylic acids is 2. The average molecular weight is 354 g/mol. The van der Waals surface area contributed by atoms with Gasteiger partial charge in [0.25, 0.3) is 18.2 Å². The van der Waals surface area contributed by atoms with E-state index in [-0.39, 0.29) is 11.5 Å². The van der Waals surface area contributed by atoms with Gasteiger partial charge in [0.05, 0.1) is 0 Å². The number of amides is 2. The standard InChI is InChI=1S/C17H20F2N2O4/c1-10(2)4-5-11-6-8-12(9-7-11)14(22)20-13(15(23)21-25)17(3,24)16(18)19/h6-10,13,16,24-25H,1-3H3,(H,20,22)(H,21,23). The first-order chi connectivity index (χ1) is 11.6. The van der Waals surface area contributed by atoms with Gasteiger partial charge in [-0.3, -0.25) is 14.8 Å². The highest BCUT2D eigenvalue weighted by Crippen LogP contribution is 2.20. The summed E-state index contributed by atoms with van der Waals surface area (Å²) in [5.41, 5.74) is -0.975. The van der Waals surface area contributed by atoms with Crippen LogP contribution in [0.25, 0.3) is 0 Å². The van der Waals surface area contributed by atoms with Crippen LogP contribution in [0.15, 0.2) is 24.3 Å². The van der Waals surface area contributed by atoms with E-state index in [2.05, 4.69) is 11.8 Å². The van der Waals surface area contributed by atoms with Crippen LogP contribution < -0.4 is 10.8 Å². The van der Waals surface area contributed by atoms with Crippen molar-refractivity contribution < 1.29 is 28.7 Å². The summed E-state index contributed by atoms with van der Waals surface area (Å²) in [5.74, 6) is 3.80. The van der Waals surface area contributed by atoms with Gasteiger partial charge in [0, 0.05) is 17.0 Å². The maximum absolute atomic E-state index is 12.9. The number of alkyl halides is 2. The number of rotatable bonds is 5. The Kier molecular flexibility index (Phi) is 7.03. The molecule has 0 spiro atoms. The van der Waals surface area contributed by atoms with E-state index in [0.717, 1.165) is 5.48 Å². The molecule has 0 bridgehead atoms. The Morgan fingerprint density at radius 3 is 2.20 bits per heavy atom. The van der Waals surface area contributed by atoms with Crippen LogP contribution >= 0.6 is 0 Å². The third-order valence-electron chi connectivity index (χ3n) is 3.33. The summed E-state index contributed by atoms with van der Waals surface area (Å²) in [6, 6.07) is 3.90. The Morgan fingerprint density at radius 1 is 1.20 bits per heavy atom. The zero-order valence-corrected chi connectivity index (χ0v) is 14.0. The maximum atomic E-state index is 12.9. The van der Waals surface area contributed by atoms with Crippen molar-refractivity contribution >= 4 is 11.8 Å². The molecule has 1 aromatic rings. The first-order valence-electron chi connectivity index (χ1n) is 7.46. The van der Waals surface area contributed by atoms with Gasteiger partial charge in [0.1, 0.15) is 6.04 Å². The minimum absolute atomic E-state index is 0.0795. The molecule has 1 rings (SSSR count). The van der Waals surface area contributed by atoms with E-state index in [0.29, 0.717) is 12.5 Å². The topological polar surface area (TPSA) is 98.7 Å². The summed E-state index contributed by atoms with van der Waals surface area (Å²) in [6.07, 6.45) is -3.33. The highest BCUT2D eigenvalue weighted by atomic mass is 19.3. The molecule has 0 aliphatic carbocycles. The van der Waals surface area contributed by atoms with E-state index in [1.807, 2.05) is 19.2 Å². The molecule has 2 atom stereocenters. The first-order valence-corrected chi connectivity index (χ1v) is 7.46. The van der Waals surface area contributed by atoms with Crippen LogP contribution in [-0.2, 0) is 4.79 Å². The number of nitrogens with one attached hydrogen (secondary N) is 2. The van der Waals surface area contributed by atoms with Crippen molar-refractivity contribution in [2.45, 2.75) is 38.8 Å². The van der Waals surface area contributed by atoms with Gasteiger partial charge in [-0.05, 0) is 31.2 Å². The predicted molar refractivity (Wildman–Crippen MR) is 86.0 cm³/mol. The molecule has 8 heteroatoms. The van der Waals surface area contributed by atoms with E-state index in [1.54, 1.807) is 12.1 Å². The van der Waals surface area contributed by atoms with E-state index >= 15 is 0 Å². The first kappa shape index (κ1) is 20.5. The Bertz CT molecular complexity index is 676. The molecule has 4 N–H and O–H groups in total. The predicted octanol–water partition coefficient (Wildman–Crippen LogP) is 1.31. The highest BCUT2D eigenvalue weighted by molar-refractivity contribution is 5.97. The fraction of sp³-hybridized carbons (Fsp3) is 0.412. The third kappa shape index (κ3) is 5.52. The molecule has 0 radical (unpaired) electrons. The number of hydrogen-bond acceptors (Lipinski definition) is 4. The summed E-state index contributed by atoms with van der Waals surface area (Å²) in [5, 5.41) is 20.4. The van der Waals surface area contributed by atoms with Crippen molar-refractivity contribution in [2.24, 2.45) is 5.92 Å². The molecule has 1 aromatic carbocycles. The van der Waals surface area contributed by atoms with Crippen molar-refractivity contribution in [3.63, 3.8) is 0 Å². The molecule has 0 aromatic heterocycles. The third-order valence-corrected chi connectivity index (χ3v) is 3.33. The average Bonchev–Trinajstić information content (AvgIpc) is 2.57. The number of benzene rings is 1. The number of carbonyl (C=O) groups is 2. The summed E-state index contributed by atoms with van der Waals surface area (Å²) >= 11 is 0. The molecular formula is C17H20F2N2O4. The second kappa shape index (κ2) is 8.55. The van der Waals surface area contributed by atoms with Crippen molar-refractivity contribution in [2.75, 3.05) is 0 Å². The summed E-state index contributed by atoms with van der Waals surface area (Å²) in [7, 11) is 0. The Hall–Kier alpha value is -2.50. The molecule has 136 valence electrons. The van der Waals surface area contributed by atoms with Crippen LogP contribution in [0.3, 0.4) is 0 Å². The zero-order chi connectivity index (χ0) is 19.2. The molecule has 0 saturated carbocycles. The van der Waals surface area contributed by atoms with Gasteiger partial charge in [-0.25, -0.2) is 14.3 Å². The molecular weight excluding hydrogens is 334 g/mol. The largest absolute Gasteiger partial charge is 0.381 e. The highest BCUT2D eigenvalue weighted by Gasteiger charge is 2.46. The van der Waals surface area contributed by atoms with Crippen LogP contribution in [0.2, 0.25) is 0 Å². The summed E-state index contributed by atoms with van der Waals surface area (Å²) < 4.78 is 25.9. The smallest absolute Gasteiger partial charge is 0.269 e. The molecule has 0 heterocycles. The van der Waals surface area contributed by atoms with Crippen LogP contribution in [0.5, 0.6) is 0 Å². The molecule has 25 heavy (non-hydrogen) atoms. The van der Waals surface area contributed by atoms with Gasteiger partial charge < -0.3 is 10.4 Å². The Labute approximate surface area is 144 Å². The fourth-order valence-electron chi connectivity index (χ4n) is 1.81. The SMILES string of the molecule is CC(C)C#Cc1ccc(C(=O)NC(C(=O)NO)C(C)(O)C(F)F)cc1. The van der Waals surface area contributed by atoms with Crippen LogP contribution in [-0.4, -0.2) is 40.2 Å². The number of halogens is 2. The lowest BCUT2D eigenvalue weighted by atomic mass is 9.95. The lowest BCUT2D eigenvalue weighted by molar-refractivity contribution is -0.149. The monoisotopic (exact) mass is 354 g/mol. The van der Waals surface area contributed by atoms with Crippen molar-refractivity contribution in [3.8, 4) is 11.8 Å². The van der Waals surface area contributed by atoms with E-state index < -0.39 is 29.9 Å². The quantitative estimate of drug-likeness (QED) is 0.364. The summed E-state index contributed by atoms with van der Waals surface area (Å²) in [6.45, 7) is 4.54. The van der Waals surface area contributed by atoms with E-state index in [9.17, 15) is 23.5 Å². The normalized spacial score (nSPS) is 14.3. The van der Waals surface area contributed by atoms with Crippen molar-refractivity contribution in [1.82, 2.24) is 10.8 Å². The van der Waals surface area contributed by atoms with Gasteiger partial charge in [-0.2, -0.15) is 0 Å². The zero-order valence-electron chi connectivity index (χ0n) is 14.0. The van der Waals surface area contributed by atoms with Crippen LogP contribution in [0.4, 0.5) is 8.78 Å². The minimum atomic E-state index is -3.33. The molecule has 2 unspecified atom stereocenters. The Balaban J connectivity index is 2.98. The van der Waals surface area contributed by atoms with Gasteiger partial charge in [0.15, 0.2) is 5.60 Å². The fourth-order valence-corrected chi connectivity index (χ4v) is 1.81. The number of hydrogen-bond donors (Lipinski definition) is 4. The molecule has 2 amide bonds. The molecule has 0 fully saturated rings. The van der Waals surface area contributed by atoms with E-state index in [1.165, 1.54) is 12.1 Å². The minimum Gasteiger partial charge on any atom is -0.381 e. The Morgan fingerprint density at radius 2 is 1.76 bits per heavy atom. The van der Waals surface area contributed by atoms with Crippen molar-refractivity contribution in [1.29, 1.82) is 0 Å². The molecule has 0 aliphatic rings. The number of aliphatic hydroxyl groups is 1. The van der Waals surface area contributed by atoms with Gasteiger partial charge >= 0.3 is 0 Å². The second-order valence-corrected chi connectivity index (χ2v) is 5.91. The molecule has 6 nitrogen and oxygen atoms in total. The van der Waals surface area contributed by atoms with E-state index in [4.69, 9.17) is 5.21 Å². The maximum Gasteiger partial charge on any atom is 0.269 e. The van der Waals surface area contributed by atoms with Crippen LogP contribution in [0, 0.1) is 17.8 Å². The lowest BCUT2D eigenvalue weighted by Crippen LogP contribution is -2.61. The second-order valence-electron chi connectivity index (χ2n) is 5.91. The number of hydroxylamine groups is 1. The summed E-state index contributed by atoms with van der Waals surface area (Å²) in [4.78, 5) is 23.7.